The van der Waals surface area contributed by atoms with Crippen molar-refractivity contribution in [3.63, 3.8) is 0 Å². The van der Waals surface area contributed by atoms with Crippen LogP contribution in [0.1, 0.15) is 34.1 Å². The number of ether oxygens (including phenoxy) is 2. The lowest BCUT2D eigenvalue weighted by atomic mass is 10.0. The molecule has 0 aliphatic heterocycles. The van der Waals surface area contributed by atoms with Gasteiger partial charge < -0.3 is 14.6 Å². The molecule has 0 aromatic rings. The Kier molecular flexibility index (Phi) is 4.16. The van der Waals surface area contributed by atoms with Gasteiger partial charge in [-0.2, -0.15) is 0 Å². The van der Waals surface area contributed by atoms with Crippen molar-refractivity contribution in [3.8, 4) is 0 Å². The van der Waals surface area contributed by atoms with E-state index >= 15 is 0 Å². The van der Waals surface area contributed by atoms with E-state index in [1.54, 1.807) is 27.7 Å². The fourth-order valence-corrected chi connectivity index (χ4v) is 1.97. The third-order valence-electron chi connectivity index (χ3n) is 2.83. The lowest BCUT2D eigenvalue weighted by Gasteiger charge is -2.22. The highest BCUT2D eigenvalue weighted by molar-refractivity contribution is 5.97. The Morgan fingerprint density at radius 2 is 1.89 bits per heavy atom. The first-order chi connectivity index (χ1) is 8.17. The van der Waals surface area contributed by atoms with Crippen molar-refractivity contribution in [2.45, 2.75) is 45.8 Å². The summed E-state index contributed by atoms with van der Waals surface area (Å²) >= 11 is 0. The summed E-state index contributed by atoms with van der Waals surface area (Å²) in [6.45, 7) is 6.89. The molecule has 2 atom stereocenters. The molecule has 0 bridgehead atoms. The van der Waals surface area contributed by atoms with Gasteiger partial charge in [0.25, 0.3) is 0 Å². The van der Waals surface area contributed by atoms with E-state index in [1.807, 2.05) is 0 Å². The summed E-state index contributed by atoms with van der Waals surface area (Å²) in [5.74, 6) is -1.83. The Morgan fingerprint density at radius 1 is 1.33 bits per heavy atom. The van der Waals surface area contributed by atoms with Crippen molar-refractivity contribution in [2.24, 2.45) is 5.92 Å². The van der Waals surface area contributed by atoms with Crippen LogP contribution in [0.4, 0.5) is 0 Å². The van der Waals surface area contributed by atoms with Gasteiger partial charge in [-0.25, -0.2) is 4.79 Å². The van der Waals surface area contributed by atoms with Gasteiger partial charge in [0.05, 0.1) is 24.7 Å². The molecule has 1 aliphatic rings. The molecule has 5 heteroatoms. The standard InChI is InChI=1S/C13H20O5/c1-7-9(14)6-8(10(7)12(16)17-5)11(15)18-13(2,3)4/h8-9,14H,6H2,1-5H3/t8?,9-/m0/s1. The molecule has 0 radical (unpaired) electrons. The molecule has 0 aromatic carbocycles. The highest BCUT2D eigenvalue weighted by Gasteiger charge is 2.41. The molecule has 0 aromatic heterocycles. The van der Waals surface area contributed by atoms with E-state index in [4.69, 9.17) is 4.74 Å². The van der Waals surface area contributed by atoms with Crippen LogP contribution in [0.2, 0.25) is 0 Å². The molecule has 102 valence electrons. The number of methoxy groups -OCH3 is 1. The number of esters is 2. The molecule has 1 aliphatic carbocycles. The first-order valence-corrected chi connectivity index (χ1v) is 5.87. The number of hydrogen-bond donors (Lipinski definition) is 1. The Hall–Kier alpha value is -1.36. The van der Waals surface area contributed by atoms with E-state index in [9.17, 15) is 14.7 Å². The third kappa shape index (κ3) is 3.10. The quantitative estimate of drug-likeness (QED) is 0.751. The number of rotatable bonds is 2. The lowest BCUT2D eigenvalue weighted by Crippen LogP contribution is -2.30. The van der Waals surface area contributed by atoms with E-state index in [-0.39, 0.29) is 12.0 Å². The van der Waals surface area contributed by atoms with Gasteiger partial charge in [-0.3, -0.25) is 4.79 Å². The van der Waals surface area contributed by atoms with Gasteiger partial charge in [-0.1, -0.05) is 0 Å². The van der Waals surface area contributed by atoms with Crippen LogP contribution in [0, 0.1) is 5.92 Å². The second-order valence-corrected chi connectivity index (χ2v) is 5.43. The first kappa shape index (κ1) is 14.7. The summed E-state index contributed by atoms with van der Waals surface area (Å²) in [5.41, 5.74) is 0.0803. The van der Waals surface area contributed by atoms with Gasteiger partial charge in [0, 0.05) is 0 Å². The molecule has 1 N–H and O–H groups in total. The number of hydrogen-bond acceptors (Lipinski definition) is 5. The second-order valence-electron chi connectivity index (χ2n) is 5.43. The maximum atomic E-state index is 12.0. The summed E-state index contributed by atoms with van der Waals surface area (Å²) in [5, 5.41) is 9.76. The van der Waals surface area contributed by atoms with Crippen molar-refractivity contribution in [3.05, 3.63) is 11.1 Å². The highest BCUT2D eigenvalue weighted by Crippen LogP contribution is 2.34. The van der Waals surface area contributed by atoms with Crippen LogP contribution in [0.5, 0.6) is 0 Å². The van der Waals surface area contributed by atoms with Crippen LogP contribution in [0.3, 0.4) is 0 Å². The molecule has 18 heavy (non-hydrogen) atoms. The third-order valence-corrected chi connectivity index (χ3v) is 2.83. The van der Waals surface area contributed by atoms with Gasteiger partial charge in [-0.05, 0) is 39.7 Å². The zero-order valence-electron chi connectivity index (χ0n) is 11.4. The van der Waals surface area contributed by atoms with Crippen LogP contribution in [0.15, 0.2) is 11.1 Å². The molecule has 5 nitrogen and oxygen atoms in total. The zero-order valence-corrected chi connectivity index (χ0v) is 11.4. The predicted molar refractivity (Wildman–Crippen MR) is 64.7 cm³/mol. The summed E-state index contributed by atoms with van der Waals surface area (Å²) in [6, 6.07) is 0. The molecule has 1 unspecified atom stereocenters. The van der Waals surface area contributed by atoms with Crippen molar-refractivity contribution in [1.29, 1.82) is 0 Å². The highest BCUT2D eigenvalue weighted by atomic mass is 16.6. The lowest BCUT2D eigenvalue weighted by molar-refractivity contribution is -0.160. The number of aliphatic hydroxyl groups is 1. The smallest absolute Gasteiger partial charge is 0.334 e. The van der Waals surface area contributed by atoms with E-state index in [0.29, 0.717) is 5.57 Å². The van der Waals surface area contributed by atoms with Crippen LogP contribution < -0.4 is 0 Å². The summed E-state index contributed by atoms with van der Waals surface area (Å²) < 4.78 is 9.90. The first-order valence-electron chi connectivity index (χ1n) is 5.87. The van der Waals surface area contributed by atoms with Gasteiger partial charge in [0.2, 0.25) is 0 Å². The number of carbonyl (C=O) groups excluding carboxylic acids is 2. The Balaban J connectivity index is 2.96. The second kappa shape index (κ2) is 5.10. The van der Waals surface area contributed by atoms with Crippen molar-refractivity contribution in [1.82, 2.24) is 0 Å². The summed E-state index contributed by atoms with van der Waals surface area (Å²) in [6.07, 6.45) is -0.623. The van der Waals surface area contributed by atoms with Gasteiger partial charge in [-0.15, -0.1) is 0 Å². The van der Waals surface area contributed by atoms with E-state index in [1.165, 1.54) is 7.11 Å². The zero-order chi connectivity index (χ0) is 14.1. The van der Waals surface area contributed by atoms with Crippen molar-refractivity contribution >= 4 is 11.9 Å². The monoisotopic (exact) mass is 256 g/mol. The average molecular weight is 256 g/mol. The number of carbonyl (C=O) groups is 2. The minimum Gasteiger partial charge on any atom is -0.466 e. The maximum absolute atomic E-state index is 12.0. The largest absolute Gasteiger partial charge is 0.466 e. The fraction of sp³-hybridized carbons (Fsp3) is 0.692. The van der Waals surface area contributed by atoms with Crippen LogP contribution in [0.25, 0.3) is 0 Å². The van der Waals surface area contributed by atoms with Gasteiger partial charge >= 0.3 is 11.9 Å². The van der Waals surface area contributed by atoms with E-state index in [0.717, 1.165) is 0 Å². The summed E-state index contributed by atoms with van der Waals surface area (Å²) in [7, 11) is 1.25. The minimum atomic E-state index is -0.795. The van der Waals surface area contributed by atoms with Crippen LogP contribution >= 0.6 is 0 Å². The average Bonchev–Trinajstić information content (AvgIpc) is 2.52. The van der Waals surface area contributed by atoms with Crippen molar-refractivity contribution < 1.29 is 24.2 Å². The van der Waals surface area contributed by atoms with Crippen LogP contribution in [-0.2, 0) is 19.1 Å². The predicted octanol–water partition coefficient (Wildman–Crippen LogP) is 1.20. The van der Waals surface area contributed by atoms with Gasteiger partial charge in [0.1, 0.15) is 5.60 Å². The molecule has 0 amide bonds. The normalized spacial score (nSPS) is 24.1. The Morgan fingerprint density at radius 3 is 2.33 bits per heavy atom. The molecule has 1 rings (SSSR count). The molecular weight excluding hydrogens is 236 g/mol. The fourth-order valence-electron chi connectivity index (χ4n) is 1.97. The maximum Gasteiger partial charge on any atom is 0.334 e. The SMILES string of the molecule is COC(=O)C1=C(C)[C@@H](O)CC1C(=O)OC(C)(C)C. The van der Waals surface area contributed by atoms with E-state index < -0.39 is 29.6 Å². The van der Waals surface area contributed by atoms with E-state index in [2.05, 4.69) is 4.74 Å². The number of aliphatic hydroxyl groups excluding tert-OH is 1. The molecule has 0 heterocycles. The Bertz CT molecular complexity index is 389. The molecule has 0 spiro atoms. The molecule has 0 fully saturated rings. The molecule has 0 saturated heterocycles. The molecular formula is C13H20O5. The topological polar surface area (TPSA) is 72.8 Å². The van der Waals surface area contributed by atoms with Crippen LogP contribution in [-0.4, -0.2) is 35.9 Å². The summed E-state index contributed by atoms with van der Waals surface area (Å²) in [4.78, 5) is 23.7. The molecule has 0 saturated carbocycles. The minimum absolute atomic E-state index is 0.172. The van der Waals surface area contributed by atoms with Crippen molar-refractivity contribution in [2.75, 3.05) is 7.11 Å². The van der Waals surface area contributed by atoms with Gasteiger partial charge in [0.15, 0.2) is 0 Å². The Labute approximate surface area is 107 Å².